The Morgan fingerprint density at radius 1 is 0.953 bits per heavy atom. The third-order valence-electron chi connectivity index (χ3n) is 7.53. The molecule has 0 spiro atoms. The number of methoxy groups -OCH3 is 2. The van der Waals surface area contributed by atoms with Gasteiger partial charge in [0.25, 0.3) is 0 Å². The van der Waals surface area contributed by atoms with E-state index in [2.05, 4.69) is 0 Å². The van der Waals surface area contributed by atoms with Gasteiger partial charge in [-0.3, -0.25) is 19.2 Å². The molecular formula is C31H29FO9S2. The molecule has 2 aromatic carbocycles. The molecule has 2 N–H and O–H groups in total. The molecule has 9 nitrogen and oxygen atoms in total. The number of hydrogen-bond donors (Lipinski definition) is 2. The predicted octanol–water partition coefficient (Wildman–Crippen LogP) is 6.48. The van der Waals surface area contributed by atoms with Crippen LogP contribution in [0.4, 0.5) is 4.39 Å². The zero-order valence-electron chi connectivity index (χ0n) is 23.6. The van der Waals surface area contributed by atoms with Crippen molar-refractivity contribution in [2.45, 2.75) is 32.6 Å². The smallest absolute Gasteiger partial charge is 0.307 e. The zero-order chi connectivity index (χ0) is 31.0. The normalized spacial score (nSPS) is 16.7. The summed E-state index contributed by atoms with van der Waals surface area (Å²) in [7, 11) is 2.95. The number of aliphatic carboxylic acids is 2. The van der Waals surface area contributed by atoms with E-state index < -0.39 is 35.5 Å². The molecule has 0 radical (unpaired) electrons. The Kier molecular flexibility index (Phi) is 8.70. The van der Waals surface area contributed by atoms with Crippen molar-refractivity contribution in [2.75, 3.05) is 20.8 Å². The molecule has 2 heterocycles. The molecule has 0 amide bonds. The number of carbonyl (C=O) groups is 4. The standard InChI is InChI=1S/C31H29FO9S2/c1-14(30(35)36)7-20(33)25-9-16-8-15(21(39-2)12-23(16)42-25)5-4-6-41-29-22(40-3)13-24-19(27(29)32)11-26(43-24)28(34)17-10-18(17)31(37)38/h8-9,11-14,17-18H,4-7,10H2,1-3H3,(H,35,36)(H,37,38). The van der Waals surface area contributed by atoms with E-state index >= 15 is 4.39 Å². The van der Waals surface area contributed by atoms with Crippen molar-refractivity contribution in [3.63, 3.8) is 0 Å². The first-order valence-electron chi connectivity index (χ1n) is 13.6. The second-order valence-corrected chi connectivity index (χ2v) is 12.7. The van der Waals surface area contributed by atoms with Crippen LogP contribution in [-0.4, -0.2) is 54.5 Å². The summed E-state index contributed by atoms with van der Waals surface area (Å²) in [5.41, 5.74) is 0.873. The largest absolute Gasteiger partial charge is 0.496 e. The molecule has 0 aliphatic heterocycles. The summed E-state index contributed by atoms with van der Waals surface area (Å²) in [5.74, 6) is -4.48. The lowest BCUT2D eigenvalue weighted by Crippen LogP contribution is -2.13. The molecule has 0 saturated heterocycles. The second kappa shape index (κ2) is 12.3. The van der Waals surface area contributed by atoms with E-state index in [1.165, 1.54) is 31.4 Å². The van der Waals surface area contributed by atoms with Crippen LogP contribution < -0.4 is 14.2 Å². The monoisotopic (exact) mass is 628 g/mol. The summed E-state index contributed by atoms with van der Waals surface area (Å²) < 4.78 is 33.7. The van der Waals surface area contributed by atoms with Crippen molar-refractivity contribution in [2.24, 2.45) is 17.8 Å². The quantitative estimate of drug-likeness (QED) is 0.119. The van der Waals surface area contributed by atoms with Crippen LogP contribution in [0.25, 0.3) is 20.2 Å². The van der Waals surface area contributed by atoms with E-state index in [1.807, 2.05) is 12.1 Å². The Balaban J connectivity index is 1.28. The minimum atomic E-state index is -1.02. The van der Waals surface area contributed by atoms with Gasteiger partial charge in [-0.1, -0.05) is 6.92 Å². The summed E-state index contributed by atoms with van der Waals surface area (Å²) in [6, 6.07) is 8.59. The highest BCUT2D eigenvalue weighted by atomic mass is 32.1. The summed E-state index contributed by atoms with van der Waals surface area (Å²) in [4.78, 5) is 48.4. The molecule has 3 atom stereocenters. The van der Waals surface area contributed by atoms with Gasteiger partial charge in [0.1, 0.15) is 5.75 Å². The van der Waals surface area contributed by atoms with Crippen molar-refractivity contribution in [3.8, 4) is 17.2 Å². The first kappa shape index (κ1) is 30.4. The summed E-state index contributed by atoms with van der Waals surface area (Å²) in [6.45, 7) is 1.65. The number of carboxylic acids is 2. The number of thiophene rings is 2. The number of ketones is 2. The van der Waals surface area contributed by atoms with Crippen molar-refractivity contribution >= 4 is 66.4 Å². The molecule has 1 aliphatic carbocycles. The molecule has 0 bridgehead atoms. The minimum absolute atomic E-state index is 0.0689. The number of fused-ring (bicyclic) bond motifs is 2. The maximum Gasteiger partial charge on any atom is 0.307 e. The van der Waals surface area contributed by atoms with Crippen molar-refractivity contribution in [1.82, 2.24) is 0 Å². The molecule has 4 aromatic rings. The number of aryl methyl sites for hydroxylation is 1. The number of rotatable bonds is 14. The van der Waals surface area contributed by atoms with E-state index in [0.29, 0.717) is 33.0 Å². The van der Waals surface area contributed by atoms with Crippen LogP contribution in [-0.2, 0) is 16.0 Å². The van der Waals surface area contributed by atoms with E-state index in [9.17, 15) is 19.2 Å². The van der Waals surface area contributed by atoms with Gasteiger partial charge in [-0.05, 0) is 54.5 Å². The molecule has 3 unspecified atom stereocenters. The summed E-state index contributed by atoms with van der Waals surface area (Å²) in [5, 5.41) is 19.3. The average molecular weight is 629 g/mol. The summed E-state index contributed by atoms with van der Waals surface area (Å²) in [6.07, 6.45) is 1.24. The van der Waals surface area contributed by atoms with Crippen molar-refractivity contribution < 1.29 is 48.0 Å². The Bertz CT molecular complexity index is 1760. The van der Waals surface area contributed by atoms with Gasteiger partial charge in [-0.2, -0.15) is 0 Å². The number of carboxylic acid groups (broad SMARTS) is 2. The average Bonchev–Trinajstić information content (AvgIpc) is 3.50. The van der Waals surface area contributed by atoms with Gasteiger partial charge >= 0.3 is 11.9 Å². The number of Topliss-reactive ketones (excluding diaryl/α,β-unsaturated/α-hetero) is 2. The molecule has 43 heavy (non-hydrogen) atoms. The predicted molar refractivity (Wildman–Crippen MR) is 160 cm³/mol. The van der Waals surface area contributed by atoms with Gasteiger partial charge in [-0.25, -0.2) is 4.39 Å². The van der Waals surface area contributed by atoms with Gasteiger partial charge in [0.2, 0.25) is 0 Å². The highest BCUT2D eigenvalue weighted by molar-refractivity contribution is 7.21. The van der Waals surface area contributed by atoms with Crippen LogP contribution in [0.1, 0.15) is 51.1 Å². The van der Waals surface area contributed by atoms with Crippen LogP contribution in [0.3, 0.4) is 0 Å². The van der Waals surface area contributed by atoms with Crippen LogP contribution in [0.5, 0.6) is 17.2 Å². The first-order valence-corrected chi connectivity index (χ1v) is 15.2. The van der Waals surface area contributed by atoms with E-state index in [4.69, 9.17) is 24.4 Å². The fourth-order valence-corrected chi connectivity index (χ4v) is 7.10. The number of ether oxygens (including phenoxy) is 3. The number of carbonyl (C=O) groups excluding carboxylic acids is 2. The Labute approximate surface area is 253 Å². The highest BCUT2D eigenvalue weighted by Gasteiger charge is 2.48. The minimum Gasteiger partial charge on any atom is -0.496 e. The lowest BCUT2D eigenvalue weighted by atomic mass is 10.0. The van der Waals surface area contributed by atoms with Gasteiger partial charge < -0.3 is 24.4 Å². The van der Waals surface area contributed by atoms with E-state index in [0.717, 1.165) is 27.0 Å². The Morgan fingerprint density at radius 2 is 1.65 bits per heavy atom. The third-order valence-corrected chi connectivity index (χ3v) is 9.77. The lowest BCUT2D eigenvalue weighted by molar-refractivity contribution is -0.141. The van der Waals surface area contributed by atoms with Gasteiger partial charge in [0.05, 0.1) is 42.4 Å². The van der Waals surface area contributed by atoms with Crippen LogP contribution in [0.2, 0.25) is 0 Å². The van der Waals surface area contributed by atoms with E-state index in [-0.39, 0.29) is 47.9 Å². The van der Waals surface area contributed by atoms with Crippen molar-refractivity contribution in [3.05, 3.63) is 51.5 Å². The molecule has 2 aromatic heterocycles. The van der Waals surface area contributed by atoms with E-state index in [1.54, 1.807) is 19.2 Å². The first-order chi connectivity index (χ1) is 20.5. The maximum absolute atomic E-state index is 15.6. The van der Waals surface area contributed by atoms with Crippen LogP contribution in [0.15, 0.2) is 30.3 Å². The molecule has 226 valence electrons. The lowest BCUT2D eigenvalue weighted by Gasteiger charge is -2.13. The fourth-order valence-electron chi connectivity index (χ4n) is 4.99. The molecule has 12 heteroatoms. The molecule has 1 saturated carbocycles. The number of benzene rings is 2. The third kappa shape index (κ3) is 6.21. The maximum atomic E-state index is 15.6. The van der Waals surface area contributed by atoms with Gasteiger partial charge in [0.15, 0.2) is 28.9 Å². The SMILES string of the molecule is COc1cc2sc(C(=O)CC(C)C(=O)O)cc2cc1CCCOc1c(OC)cc2sc(C(=O)C3CC3C(=O)O)cc2c1F. The van der Waals surface area contributed by atoms with Gasteiger partial charge in [-0.15, -0.1) is 22.7 Å². The fraction of sp³-hybridized carbons (Fsp3) is 0.355. The van der Waals surface area contributed by atoms with Crippen LogP contribution >= 0.6 is 22.7 Å². The Hall–Kier alpha value is -4.03. The number of halogens is 1. The molecule has 5 rings (SSSR count). The Morgan fingerprint density at radius 3 is 2.30 bits per heavy atom. The zero-order valence-corrected chi connectivity index (χ0v) is 25.2. The van der Waals surface area contributed by atoms with Crippen molar-refractivity contribution in [1.29, 1.82) is 0 Å². The highest BCUT2D eigenvalue weighted by Crippen LogP contribution is 2.45. The molecule has 1 fully saturated rings. The topological polar surface area (TPSA) is 136 Å². The number of hydrogen-bond acceptors (Lipinski definition) is 9. The summed E-state index contributed by atoms with van der Waals surface area (Å²) >= 11 is 2.39. The molecule has 1 aliphatic rings. The van der Waals surface area contributed by atoms with Gasteiger partial charge in [0, 0.05) is 33.2 Å². The molecular weight excluding hydrogens is 599 g/mol. The second-order valence-electron chi connectivity index (χ2n) is 10.5. The van der Waals surface area contributed by atoms with Crippen LogP contribution in [0, 0.1) is 23.6 Å².